The van der Waals surface area contributed by atoms with E-state index in [1.165, 1.54) is 11.8 Å². The fourth-order valence-electron chi connectivity index (χ4n) is 3.87. The van der Waals surface area contributed by atoms with Crippen LogP contribution in [-0.2, 0) is 21.7 Å². The Labute approximate surface area is 201 Å². The number of imide groups is 1. The monoisotopic (exact) mass is 482 g/mol. The van der Waals surface area contributed by atoms with E-state index in [-0.39, 0.29) is 11.7 Å². The van der Waals surface area contributed by atoms with Crippen LogP contribution in [0.15, 0.2) is 58.3 Å². The third kappa shape index (κ3) is 4.43. The van der Waals surface area contributed by atoms with E-state index in [9.17, 15) is 14.4 Å². The number of hydrogen-bond donors (Lipinski definition) is 2. The molecule has 2 aromatic heterocycles. The molecule has 0 spiro atoms. The molecule has 0 aliphatic carbocycles. The fourth-order valence-corrected chi connectivity index (χ4v) is 4.60. The lowest BCUT2D eigenvalue weighted by atomic mass is 9.87. The fraction of sp³-hybridized carbons (Fsp3) is 0.348. The summed E-state index contributed by atoms with van der Waals surface area (Å²) < 4.78 is 7.34. The van der Waals surface area contributed by atoms with Crippen molar-refractivity contribution in [3.05, 3.63) is 65.9 Å². The van der Waals surface area contributed by atoms with Crippen molar-refractivity contribution in [3.63, 3.8) is 0 Å². The van der Waals surface area contributed by atoms with Crippen molar-refractivity contribution in [1.82, 2.24) is 30.5 Å². The summed E-state index contributed by atoms with van der Waals surface area (Å²) in [5, 5.41) is 12.5. The minimum atomic E-state index is -1.21. The van der Waals surface area contributed by atoms with Crippen LogP contribution < -0.4 is 10.7 Å². The molecule has 10 nitrogen and oxygen atoms in total. The first-order chi connectivity index (χ1) is 16.4. The van der Waals surface area contributed by atoms with Crippen molar-refractivity contribution in [3.8, 4) is 0 Å². The number of nitrogens with zero attached hydrogens (tertiary/aromatic N) is 4. The molecule has 1 aliphatic rings. The van der Waals surface area contributed by atoms with Gasteiger partial charge in [0.25, 0.3) is 5.91 Å². The maximum atomic E-state index is 13.2. The summed E-state index contributed by atoms with van der Waals surface area (Å²) in [5.74, 6) is 0.542. The summed E-state index contributed by atoms with van der Waals surface area (Å²) in [5.41, 5.74) is 1.89. The van der Waals surface area contributed by atoms with E-state index in [1.54, 1.807) is 36.6 Å². The highest BCUT2D eigenvalue weighted by Crippen LogP contribution is 2.31. The van der Waals surface area contributed by atoms with Gasteiger partial charge >= 0.3 is 6.03 Å². The SMILES string of the molecule is CCC1(c2ccccc2)NC(=O)N(NC(=O)CSc2nnc(C(C)C)n2Cc2ccco2)C1=O. The third-order valence-electron chi connectivity index (χ3n) is 5.61. The van der Waals surface area contributed by atoms with E-state index < -0.39 is 23.4 Å². The zero-order chi connectivity index (χ0) is 24.3. The number of benzene rings is 1. The predicted molar refractivity (Wildman–Crippen MR) is 125 cm³/mol. The molecule has 1 saturated heterocycles. The third-order valence-corrected chi connectivity index (χ3v) is 6.58. The molecule has 0 radical (unpaired) electrons. The molecule has 1 atom stereocenters. The van der Waals surface area contributed by atoms with Crippen LogP contribution in [0.4, 0.5) is 4.79 Å². The Bertz CT molecular complexity index is 1180. The Hall–Kier alpha value is -3.60. The van der Waals surface area contributed by atoms with Crippen molar-refractivity contribution in [2.45, 2.75) is 50.4 Å². The highest BCUT2D eigenvalue weighted by Gasteiger charge is 2.52. The second-order valence-corrected chi connectivity index (χ2v) is 9.12. The Morgan fingerprint density at radius 2 is 1.94 bits per heavy atom. The van der Waals surface area contributed by atoms with Gasteiger partial charge in [-0.2, -0.15) is 5.01 Å². The van der Waals surface area contributed by atoms with Crippen molar-refractivity contribution in [1.29, 1.82) is 0 Å². The van der Waals surface area contributed by atoms with Crippen molar-refractivity contribution >= 4 is 29.6 Å². The van der Waals surface area contributed by atoms with E-state index >= 15 is 0 Å². The number of nitrogens with one attached hydrogen (secondary N) is 2. The molecule has 1 aliphatic heterocycles. The minimum absolute atomic E-state index is 0.0596. The first-order valence-corrected chi connectivity index (χ1v) is 11.9. The normalized spacial score (nSPS) is 17.9. The van der Waals surface area contributed by atoms with Crippen LogP contribution in [0.5, 0.6) is 0 Å². The van der Waals surface area contributed by atoms with Crippen molar-refractivity contribution in [2.24, 2.45) is 0 Å². The summed E-state index contributed by atoms with van der Waals surface area (Å²) >= 11 is 1.17. The van der Waals surface area contributed by atoms with Gasteiger partial charge < -0.3 is 9.73 Å². The molecule has 0 saturated carbocycles. The smallest absolute Gasteiger partial charge is 0.344 e. The van der Waals surface area contributed by atoms with Crippen LogP contribution in [0.3, 0.4) is 0 Å². The first kappa shape index (κ1) is 23.6. The molecule has 4 rings (SSSR count). The minimum Gasteiger partial charge on any atom is -0.467 e. The summed E-state index contributed by atoms with van der Waals surface area (Å²) in [6.07, 6.45) is 1.94. The number of hydrogen-bond acceptors (Lipinski definition) is 7. The van der Waals surface area contributed by atoms with E-state index in [1.807, 2.05) is 37.5 Å². The molecule has 34 heavy (non-hydrogen) atoms. The van der Waals surface area contributed by atoms with Gasteiger partial charge in [-0.1, -0.05) is 62.9 Å². The first-order valence-electron chi connectivity index (χ1n) is 11.0. The van der Waals surface area contributed by atoms with Crippen LogP contribution in [0.25, 0.3) is 0 Å². The topological polar surface area (TPSA) is 122 Å². The summed E-state index contributed by atoms with van der Waals surface area (Å²) in [6.45, 7) is 6.26. The maximum absolute atomic E-state index is 13.2. The maximum Gasteiger partial charge on any atom is 0.344 e. The molecule has 11 heteroatoms. The Morgan fingerprint density at radius 1 is 1.18 bits per heavy atom. The van der Waals surface area contributed by atoms with E-state index in [0.717, 1.165) is 16.6 Å². The van der Waals surface area contributed by atoms with Crippen LogP contribution in [0.1, 0.15) is 50.3 Å². The lowest BCUT2D eigenvalue weighted by Crippen LogP contribution is -2.49. The number of carbonyl (C=O) groups excluding carboxylic acids is 3. The number of urea groups is 1. The quantitative estimate of drug-likeness (QED) is 0.355. The number of carbonyl (C=O) groups is 3. The largest absolute Gasteiger partial charge is 0.467 e. The van der Waals surface area contributed by atoms with Crippen LogP contribution in [0.2, 0.25) is 0 Å². The standard InChI is InChI=1S/C23H26N6O4S/c1-4-23(16-9-6-5-7-10-16)20(31)29(21(32)24-23)27-18(30)14-34-22-26-25-19(15(2)3)28(22)13-17-11-8-12-33-17/h5-12,15H,4,13-14H2,1-3H3,(H,24,32)(H,27,30). The lowest BCUT2D eigenvalue weighted by molar-refractivity contribution is -0.138. The van der Waals surface area contributed by atoms with E-state index in [0.29, 0.717) is 23.7 Å². The van der Waals surface area contributed by atoms with Crippen LogP contribution in [0, 0.1) is 0 Å². The van der Waals surface area contributed by atoms with Gasteiger partial charge in [0.15, 0.2) is 5.16 Å². The predicted octanol–water partition coefficient (Wildman–Crippen LogP) is 3.02. The highest BCUT2D eigenvalue weighted by molar-refractivity contribution is 7.99. The molecule has 2 N–H and O–H groups in total. The van der Waals surface area contributed by atoms with Gasteiger partial charge in [0.05, 0.1) is 18.6 Å². The lowest BCUT2D eigenvalue weighted by Gasteiger charge is -2.25. The van der Waals surface area contributed by atoms with Gasteiger partial charge in [0.1, 0.15) is 17.1 Å². The Morgan fingerprint density at radius 3 is 2.59 bits per heavy atom. The van der Waals surface area contributed by atoms with E-state index in [2.05, 4.69) is 20.9 Å². The molecule has 1 fully saturated rings. The van der Waals surface area contributed by atoms with Gasteiger partial charge in [-0.25, -0.2) is 4.79 Å². The number of rotatable bonds is 9. The number of aromatic nitrogens is 3. The number of furan rings is 1. The summed E-state index contributed by atoms with van der Waals surface area (Å²) in [7, 11) is 0. The highest BCUT2D eigenvalue weighted by atomic mass is 32.2. The molecule has 1 aromatic carbocycles. The molecule has 4 amide bonds. The molecule has 1 unspecified atom stereocenters. The average molecular weight is 483 g/mol. The van der Waals surface area contributed by atoms with Crippen LogP contribution in [-0.4, -0.2) is 43.4 Å². The molecule has 178 valence electrons. The van der Waals surface area contributed by atoms with Gasteiger partial charge in [0.2, 0.25) is 5.91 Å². The molecule has 3 aromatic rings. The second-order valence-electron chi connectivity index (χ2n) is 8.18. The van der Waals surface area contributed by atoms with Crippen LogP contribution >= 0.6 is 11.8 Å². The average Bonchev–Trinajstić information content (AvgIpc) is 3.54. The van der Waals surface area contributed by atoms with Crippen molar-refractivity contribution in [2.75, 3.05) is 5.75 Å². The number of thioether (sulfide) groups is 1. The molecule has 3 heterocycles. The molecular formula is C23H26N6O4S. The van der Waals surface area contributed by atoms with Gasteiger partial charge in [-0.3, -0.25) is 19.6 Å². The van der Waals surface area contributed by atoms with Gasteiger partial charge in [-0.15, -0.1) is 10.2 Å². The molecule has 0 bridgehead atoms. The van der Waals surface area contributed by atoms with E-state index in [4.69, 9.17) is 4.42 Å². The Balaban J connectivity index is 1.45. The molecular weight excluding hydrogens is 456 g/mol. The zero-order valence-electron chi connectivity index (χ0n) is 19.1. The van der Waals surface area contributed by atoms with Gasteiger partial charge in [0, 0.05) is 5.92 Å². The Kier molecular flexibility index (Phi) is 6.73. The van der Waals surface area contributed by atoms with Gasteiger partial charge in [-0.05, 0) is 24.1 Å². The summed E-state index contributed by atoms with van der Waals surface area (Å²) in [4.78, 5) is 38.4. The number of hydrazine groups is 1. The second kappa shape index (κ2) is 9.72. The number of amides is 4. The van der Waals surface area contributed by atoms with Crippen molar-refractivity contribution < 1.29 is 18.8 Å². The zero-order valence-corrected chi connectivity index (χ0v) is 20.0. The summed E-state index contributed by atoms with van der Waals surface area (Å²) in [6, 6.07) is 12.0.